The number of nitrogens with two attached hydrogens (primary N) is 1. The molecular formula is C13H19NO2. The molecule has 1 aromatic carbocycles. The number of carbonyl (C=O) groups excluding carboxylic acids is 1. The quantitative estimate of drug-likeness (QED) is 0.750. The standard InChI is InChI=1S/C13H19NO2/c1-3-5-11(14)9-13(15)10-6-4-7-12(8-10)16-2/h4,6-8,11H,3,5,9,14H2,1-2H3. The number of ether oxygens (including phenoxy) is 1. The van der Waals surface area contributed by atoms with Gasteiger partial charge in [-0.05, 0) is 18.6 Å². The van der Waals surface area contributed by atoms with Crippen molar-refractivity contribution in [1.29, 1.82) is 0 Å². The Morgan fingerprint density at radius 1 is 1.50 bits per heavy atom. The van der Waals surface area contributed by atoms with E-state index in [1.807, 2.05) is 12.1 Å². The van der Waals surface area contributed by atoms with Crippen molar-refractivity contribution in [1.82, 2.24) is 0 Å². The maximum absolute atomic E-state index is 11.9. The molecule has 0 aliphatic rings. The molecule has 0 heterocycles. The normalized spacial score (nSPS) is 12.2. The first kappa shape index (κ1) is 12.7. The van der Waals surface area contributed by atoms with E-state index in [2.05, 4.69) is 6.92 Å². The minimum Gasteiger partial charge on any atom is -0.497 e. The molecule has 1 rings (SSSR count). The Labute approximate surface area is 96.6 Å². The lowest BCUT2D eigenvalue weighted by molar-refractivity contribution is 0.0973. The Morgan fingerprint density at radius 3 is 2.88 bits per heavy atom. The summed E-state index contributed by atoms with van der Waals surface area (Å²) in [6.07, 6.45) is 2.29. The topological polar surface area (TPSA) is 52.3 Å². The fourth-order valence-corrected chi connectivity index (χ4v) is 1.63. The first-order chi connectivity index (χ1) is 7.67. The number of ketones is 1. The Morgan fingerprint density at radius 2 is 2.25 bits per heavy atom. The number of Topliss-reactive ketones (excluding diaryl/α,β-unsaturated/α-hetero) is 1. The molecule has 0 aliphatic carbocycles. The summed E-state index contributed by atoms with van der Waals surface area (Å²) in [6.45, 7) is 2.07. The first-order valence-electron chi connectivity index (χ1n) is 5.60. The number of benzene rings is 1. The fourth-order valence-electron chi connectivity index (χ4n) is 1.63. The van der Waals surface area contributed by atoms with Crippen molar-refractivity contribution in [3.05, 3.63) is 29.8 Å². The van der Waals surface area contributed by atoms with Gasteiger partial charge in [-0.25, -0.2) is 0 Å². The summed E-state index contributed by atoms with van der Waals surface area (Å²) in [7, 11) is 1.59. The molecule has 3 heteroatoms. The highest BCUT2D eigenvalue weighted by Crippen LogP contribution is 2.15. The van der Waals surface area contributed by atoms with Gasteiger partial charge in [0, 0.05) is 18.0 Å². The fraction of sp³-hybridized carbons (Fsp3) is 0.462. The Hall–Kier alpha value is -1.35. The molecule has 0 radical (unpaired) electrons. The summed E-state index contributed by atoms with van der Waals surface area (Å²) in [4.78, 5) is 11.9. The van der Waals surface area contributed by atoms with Crippen LogP contribution in [0, 0.1) is 0 Å². The second-order valence-electron chi connectivity index (χ2n) is 3.91. The molecule has 1 unspecified atom stereocenters. The predicted octanol–water partition coefficient (Wildman–Crippen LogP) is 2.40. The van der Waals surface area contributed by atoms with Crippen molar-refractivity contribution in [2.45, 2.75) is 32.2 Å². The zero-order chi connectivity index (χ0) is 12.0. The van der Waals surface area contributed by atoms with Crippen molar-refractivity contribution in [2.75, 3.05) is 7.11 Å². The summed E-state index contributed by atoms with van der Waals surface area (Å²) in [5.74, 6) is 0.787. The van der Waals surface area contributed by atoms with Gasteiger partial charge >= 0.3 is 0 Å². The number of hydrogen-bond donors (Lipinski definition) is 1. The van der Waals surface area contributed by atoms with Crippen LogP contribution in [0.5, 0.6) is 5.75 Å². The lowest BCUT2D eigenvalue weighted by Gasteiger charge is -2.09. The zero-order valence-corrected chi connectivity index (χ0v) is 9.90. The van der Waals surface area contributed by atoms with Gasteiger partial charge in [-0.15, -0.1) is 0 Å². The van der Waals surface area contributed by atoms with Crippen LogP contribution in [0.25, 0.3) is 0 Å². The van der Waals surface area contributed by atoms with E-state index in [1.54, 1.807) is 19.2 Å². The minimum atomic E-state index is -0.0382. The molecule has 1 atom stereocenters. The average molecular weight is 221 g/mol. The summed E-state index contributed by atoms with van der Waals surface area (Å²) in [6, 6.07) is 7.15. The Balaban J connectivity index is 2.65. The predicted molar refractivity (Wildman–Crippen MR) is 64.8 cm³/mol. The van der Waals surface area contributed by atoms with Crippen LogP contribution >= 0.6 is 0 Å². The molecule has 0 saturated heterocycles. The zero-order valence-electron chi connectivity index (χ0n) is 9.90. The number of hydrogen-bond acceptors (Lipinski definition) is 3. The molecule has 0 bridgehead atoms. The molecule has 88 valence electrons. The highest BCUT2D eigenvalue weighted by molar-refractivity contribution is 5.96. The van der Waals surface area contributed by atoms with Crippen LogP contribution in [0.3, 0.4) is 0 Å². The average Bonchev–Trinajstić information content (AvgIpc) is 2.29. The van der Waals surface area contributed by atoms with Crippen molar-refractivity contribution >= 4 is 5.78 Å². The van der Waals surface area contributed by atoms with Crippen LogP contribution in [0.2, 0.25) is 0 Å². The van der Waals surface area contributed by atoms with Gasteiger partial charge in [0.2, 0.25) is 0 Å². The van der Waals surface area contributed by atoms with Crippen LogP contribution < -0.4 is 10.5 Å². The highest BCUT2D eigenvalue weighted by atomic mass is 16.5. The number of rotatable bonds is 6. The highest BCUT2D eigenvalue weighted by Gasteiger charge is 2.11. The molecule has 0 fully saturated rings. The van der Waals surface area contributed by atoms with Crippen LogP contribution in [0.15, 0.2) is 24.3 Å². The van der Waals surface area contributed by atoms with Crippen LogP contribution in [0.4, 0.5) is 0 Å². The molecule has 2 N–H and O–H groups in total. The smallest absolute Gasteiger partial charge is 0.164 e. The van der Waals surface area contributed by atoms with Crippen molar-refractivity contribution in [3.63, 3.8) is 0 Å². The molecule has 1 aromatic rings. The van der Waals surface area contributed by atoms with Crippen molar-refractivity contribution in [2.24, 2.45) is 5.73 Å². The molecule has 16 heavy (non-hydrogen) atoms. The lowest BCUT2D eigenvalue weighted by atomic mass is 10.0. The number of carbonyl (C=O) groups is 1. The van der Waals surface area contributed by atoms with E-state index in [0.717, 1.165) is 12.8 Å². The van der Waals surface area contributed by atoms with Gasteiger partial charge in [0.15, 0.2) is 5.78 Å². The third kappa shape index (κ3) is 3.66. The van der Waals surface area contributed by atoms with Gasteiger partial charge in [0.1, 0.15) is 5.75 Å². The molecular weight excluding hydrogens is 202 g/mol. The third-order valence-electron chi connectivity index (χ3n) is 2.50. The maximum atomic E-state index is 11.9. The Bertz CT molecular complexity index is 350. The second-order valence-corrected chi connectivity index (χ2v) is 3.91. The second kappa shape index (κ2) is 6.28. The third-order valence-corrected chi connectivity index (χ3v) is 2.50. The summed E-state index contributed by atoms with van der Waals surface area (Å²) in [5, 5.41) is 0. The SMILES string of the molecule is CCCC(N)CC(=O)c1cccc(OC)c1. The molecule has 0 aromatic heterocycles. The van der Waals surface area contributed by atoms with Gasteiger partial charge in [-0.2, -0.15) is 0 Å². The van der Waals surface area contributed by atoms with Crippen LogP contribution in [0.1, 0.15) is 36.5 Å². The minimum absolute atomic E-state index is 0.0382. The molecule has 0 spiro atoms. The summed E-state index contributed by atoms with van der Waals surface area (Å²) in [5.41, 5.74) is 6.51. The van der Waals surface area contributed by atoms with Crippen LogP contribution in [-0.2, 0) is 0 Å². The van der Waals surface area contributed by atoms with E-state index >= 15 is 0 Å². The molecule has 0 amide bonds. The van der Waals surface area contributed by atoms with Gasteiger partial charge in [0.05, 0.1) is 7.11 Å². The number of methoxy groups -OCH3 is 1. The summed E-state index contributed by atoms with van der Waals surface area (Å²) >= 11 is 0. The van der Waals surface area contributed by atoms with E-state index in [4.69, 9.17) is 10.5 Å². The first-order valence-corrected chi connectivity index (χ1v) is 5.60. The molecule has 3 nitrogen and oxygen atoms in total. The van der Waals surface area contributed by atoms with Gasteiger partial charge in [0.25, 0.3) is 0 Å². The lowest BCUT2D eigenvalue weighted by Crippen LogP contribution is -2.23. The van der Waals surface area contributed by atoms with E-state index in [9.17, 15) is 4.79 Å². The van der Waals surface area contributed by atoms with E-state index in [0.29, 0.717) is 17.7 Å². The summed E-state index contributed by atoms with van der Waals surface area (Å²) < 4.78 is 5.07. The molecule has 0 aliphatic heterocycles. The maximum Gasteiger partial charge on any atom is 0.164 e. The van der Waals surface area contributed by atoms with E-state index in [-0.39, 0.29) is 11.8 Å². The Kier molecular flexibility index (Phi) is 4.99. The van der Waals surface area contributed by atoms with Crippen LogP contribution in [-0.4, -0.2) is 18.9 Å². The van der Waals surface area contributed by atoms with Crippen molar-refractivity contribution in [3.8, 4) is 5.75 Å². The van der Waals surface area contributed by atoms with Gasteiger partial charge in [-0.1, -0.05) is 25.5 Å². The van der Waals surface area contributed by atoms with Crippen molar-refractivity contribution < 1.29 is 9.53 Å². The largest absolute Gasteiger partial charge is 0.497 e. The van der Waals surface area contributed by atoms with Gasteiger partial charge in [-0.3, -0.25) is 4.79 Å². The van der Waals surface area contributed by atoms with Gasteiger partial charge < -0.3 is 10.5 Å². The van der Waals surface area contributed by atoms with E-state index in [1.165, 1.54) is 0 Å². The van der Waals surface area contributed by atoms with E-state index < -0.39 is 0 Å². The monoisotopic (exact) mass is 221 g/mol. The molecule has 0 saturated carbocycles.